The molecule has 0 aromatic carbocycles. The lowest BCUT2D eigenvalue weighted by Crippen LogP contribution is -2.44. The predicted octanol–water partition coefficient (Wildman–Crippen LogP) is 3.28. The average molecular weight is 410 g/mol. The van der Waals surface area contributed by atoms with Gasteiger partial charge in [0, 0.05) is 49.7 Å². The van der Waals surface area contributed by atoms with Gasteiger partial charge in [-0.3, -0.25) is 4.90 Å². The van der Waals surface area contributed by atoms with Crippen molar-refractivity contribution in [2.45, 2.75) is 65.5 Å². The number of aryl methyl sites for hydroxylation is 3. The predicted molar refractivity (Wildman–Crippen MR) is 121 cm³/mol. The first-order chi connectivity index (χ1) is 14.5. The second-order valence-corrected chi connectivity index (χ2v) is 8.93. The lowest BCUT2D eigenvalue weighted by molar-refractivity contribution is 0.219. The van der Waals surface area contributed by atoms with Crippen LogP contribution in [0.1, 0.15) is 54.6 Å². The zero-order valence-corrected chi connectivity index (χ0v) is 18.9. The summed E-state index contributed by atoms with van der Waals surface area (Å²) in [5.74, 6) is 1.85. The normalized spacial score (nSPS) is 18.6. The lowest BCUT2D eigenvalue weighted by Gasteiger charge is -2.37. The molecule has 2 aromatic rings. The maximum absolute atomic E-state index is 4.91. The second kappa shape index (κ2) is 9.25. The van der Waals surface area contributed by atoms with E-state index in [1.807, 2.05) is 0 Å². The Balaban J connectivity index is 1.39. The van der Waals surface area contributed by atoms with Gasteiger partial charge in [0.15, 0.2) is 5.82 Å². The van der Waals surface area contributed by atoms with Crippen LogP contribution in [0.2, 0.25) is 0 Å². The van der Waals surface area contributed by atoms with E-state index in [1.54, 1.807) is 6.20 Å². The third-order valence-corrected chi connectivity index (χ3v) is 6.67. The third-order valence-electron chi connectivity index (χ3n) is 6.67. The van der Waals surface area contributed by atoms with Crippen LogP contribution in [0, 0.1) is 20.8 Å². The van der Waals surface area contributed by atoms with E-state index in [0.29, 0.717) is 6.04 Å². The van der Waals surface area contributed by atoms with Crippen LogP contribution in [0.5, 0.6) is 0 Å². The summed E-state index contributed by atoms with van der Waals surface area (Å²) in [5, 5.41) is 8.41. The molecule has 0 saturated carbocycles. The maximum atomic E-state index is 4.91. The first-order valence-corrected chi connectivity index (χ1v) is 11.3. The van der Waals surface area contributed by atoms with Crippen molar-refractivity contribution in [3.05, 3.63) is 34.8 Å². The number of likely N-dealkylation sites (tertiary alicyclic amines) is 1. The van der Waals surface area contributed by atoms with Crippen LogP contribution in [0.15, 0.2) is 12.3 Å². The quantitative estimate of drug-likeness (QED) is 0.751. The number of rotatable bonds is 5. The summed E-state index contributed by atoms with van der Waals surface area (Å²) in [6, 6.07) is 2.58. The van der Waals surface area contributed by atoms with Gasteiger partial charge >= 0.3 is 0 Å². The molecule has 162 valence electrons. The molecule has 0 spiro atoms. The molecule has 2 aliphatic heterocycles. The van der Waals surface area contributed by atoms with Crippen molar-refractivity contribution in [1.29, 1.82) is 0 Å². The van der Waals surface area contributed by atoms with Crippen LogP contribution in [-0.2, 0) is 6.54 Å². The summed E-state index contributed by atoms with van der Waals surface area (Å²) in [6.45, 7) is 11.7. The van der Waals surface area contributed by atoms with Gasteiger partial charge in [-0.05, 0) is 71.2 Å². The van der Waals surface area contributed by atoms with Crippen molar-refractivity contribution in [3.8, 4) is 0 Å². The number of aromatic nitrogens is 4. The number of anilines is 2. The minimum atomic E-state index is 0.470. The van der Waals surface area contributed by atoms with Crippen molar-refractivity contribution < 1.29 is 0 Å². The van der Waals surface area contributed by atoms with Crippen LogP contribution in [0.3, 0.4) is 0 Å². The van der Waals surface area contributed by atoms with E-state index in [4.69, 9.17) is 9.97 Å². The molecule has 7 heteroatoms. The fourth-order valence-electron chi connectivity index (χ4n) is 4.69. The maximum Gasteiger partial charge on any atom is 0.225 e. The van der Waals surface area contributed by atoms with E-state index in [2.05, 4.69) is 58.8 Å². The molecule has 0 amide bonds. The van der Waals surface area contributed by atoms with Crippen molar-refractivity contribution in [3.63, 3.8) is 0 Å². The molecule has 0 bridgehead atoms. The highest BCUT2D eigenvalue weighted by molar-refractivity contribution is 5.41. The molecule has 0 aliphatic carbocycles. The number of hydrogen-bond acceptors (Lipinski definition) is 7. The topological polar surface area (TPSA) is 61.3 Å². The fourth-order valence-corrected chi connectivity index (χ4v) is 4.69. The molecule has 30 heavy (non-hydrogen) atoms. The van der Waals surface area contributed by atoms with E-state index in [9.17, 15) is 0 Å². The molecule has 4 rings (SSSR count). The standard InChI is InChI=1S/C23H35N7/c1-17-14-22(27-24-15-17)28(4)20-8-12-30(13-9-20)23-25-18(2)21(19(3)26-23)16-29-10-6-5-7-11-29/h14-15,20H,5-13,16H2,1-4H3. The van der Waals surface area contributed by atoms with Crippen molar-refractivity contribution >= 4 is 11.8 Å². The molecule has 0 radical (unpaired) electrons. The molecule has 2 fully saturated rings. The number of nitrogens with zero attached hydrogens (tertiary/aromatic N) is 7. The average Bonchev–Trinajstić information content (AvgIpc) is 2.76. The number of hydrogen-bond donors (Lipinski definition) is 0. The third kappa shape index (κ3) is 4.72. The van der Waals surface area contributed by atoms with Crippen molar-refractivity contribution in [2.24, 2.45) is 0 Å². The molecule has 0 unspecified atom stereocenters. The Morgan fingerprint density at radius 1 is 0.967 bits per heavy atom. The monoisotopic (exact) mass is 409 g/mol. The van der Waals surface area contributed by atoms with Crippen LogP contribution in [-0.4, -0.2) is 64.3 Å². The van der Waals surface area contributed by atoms with Crippen molar-refractivity contribution in [2.75, 3.05) is 43.0 Å². The van der Waals surface area contributed by atoms with Crippen LogP contribution in [0.25, 0.3) is 0 Å². The zero-order chi connectivity index (χ0) is 21.1. The van der Waals surface area contributed by atoms with Crippen LogP contribution < -0.4 is 9.80 Å². The van der Waals surface area contributed by atoms with Crippen molar-refractivity contribution in [1.82, 2.24) is 25.1 Å². The van der Waals surface area contributed by atoms with Gasteiger partial charge in [-0.1, -0.05) is 6.42 Å². The van der Waals surface area contributed by atoms with Gasteiger partial charge in [0.05, 0.1) is 6.20 Å². The van der Waals surface area contributed by atoms with Gasteiger partial charge in [-0.15, -0.1) is 5.10 Å². The zero-order valence-electron chi connectivity index (χ0n) is 18.9. The van der Waals surface area contributed by atoms with Gasteiger partial charge < -0.3 is 9.80 Å². The SMILES string of the molecule is Cc1cnnc(N(C)C2CCN(c3nc(C)c(CN4CCCCC4)c(C)n3)CC2)c1. The Hall–Kier alpha value is -2.28. The molecule has 4 heterocycles. The molecule has 0 atom stereocenters. The summed E-state index contributed by atoms with van der Waals surface area (Å²) in [7, 11) is 2.13. The molecule has 2 aliphatic rings. The van der Waals surface area contributed by atoms with Gasteiger partial charge in [-0.2, -0.15) is 5.10 Å². The van der Waals surface area contributed by atoms with Gasteiger partial charge in [0.2, 0.25) is 5.95 Å². The molecular weight excluding hydrogens is 374 g/mol. The van der Waals surface area contributed by atoms with E-state index in [1.165, 1.54) is 37.9 Å². The minimum Gasteiger partial charge on any atom is -0.355 e. The highest BCUT2D eigenvalue weighted by atomic mass is 15.3. The Bertz CT molecular complexity index is 831. The Morgan fingerprint density at radius 3 is 2.27 bits per heavy atom. The first kappa shape index (κ1) is 21.0. The number of piperidine rings is 2. The van der Waals surface area contributed by atoms with E-state index in [0.717, 1.165) is 61.2 Å². The Kier molecular flexibility index (Phi) is 6.46. The largest absolute Gasteiger partial charge is 0.355 e. The molecule has 7 nitrogen and oxygen atoms in total. The summed E-state index contributed by atoms with van der Waals surface area (Å²) in [6.07, 6.45) is 7.94. The lowest BCUT2D eigenvalue weighted by atomic mass is 10.0. The van der Waals surface area contributed by atoms with Gasteiger partial charge in [0.25, 0.3) is 0 Å². The second-order valence-electron chi connectivity index (χ2n) is 8.93. The van der Waals surface area contributed by atoms with E-state index < -0.39 is 0 Å². The van der Waals surface area contributed by atoms with Crippen LogP contribution in [0.4, 0.5) is 11.8 Å². The summed E-state index contributed by atoms with van der Waals surface area (Å²) < 4.78 is 0. The highest BCUT2D eigenvalue weighted by Gasteiger charge is 2.26. The summed E-state index contributed by atoms with van der Waals surface area (Å²) >= 11 is 0. The molecule has 2 saturated heterocycles. The molecular formula is C23H35N7. The first-order valence-electron chi connectivity index (χ1n) is 11.3. The fraction of sp³-hybridized carbons (Fsp3) is 0.652. The Morgan fingerprint density at radius 2 is 1.63 bits per heavy atom. The smallest absolute Gasteiger partial charge is 0.225 e. The molecule has 0 N–H and O–H groups in total. The Labute approximate surface area is 180 Å². The minimum absolute atomic E-state index is 0.470. The van der Waals surface area contributed by atoms with Gasteiger partial charge in [-0.25, -0.2) is 9.97 Å². The van der Waals surface area contributed by atoms with Crippen LogP contribution >= 0.6 is 0 Å². The van der Waals surface area contributed by atoms with Gasteiger partial charge in [0.1, 0.15) is 0 Å². The summed E-state index contributed by atoms with van der Waals surface area (Å²) in [4.78, 5) is 17.0. The highest BCUT2D eigenvalue weighted by Crippen LogP contribution is 2.25. The van der Waals surface area contributed by atoms with E-state index >= 15 is 0 Å². The summed E-state index contributed by atoms with van der Waals surface area (Å²) in [5.41, 5.74) is 4.73. The van der Waals surface area contributed by atoms with E-state index in [-0.39, 0.29) is 0 Å². The molecule has 2 aromatic heterocycles.